The monoisotopic (exact) mass is 304 g/mol. The van der Waals surface area contributed by atoms with E-state index in [0.717, 1.165) is 0 Å². The molecule has 6 heteroatoms. The van der Waals surface area contributed by atoms with Crippen molar-refractivity contribution in [1.82, 2.24) is 10.1 Å². The highest BCUT2D eigenvalue weighted by molar-refractivity contribution is 6.30. The van der Waals surface area contributed by atoms with Crippen molar-refractivity contribution in [1.29, 1.82) is 0 Å². The number of aromatic nitrogens is 2. The topological polar surface area (TPSA) is 48.2 Å². The second kappa shape index (κ2) is 5.93. The highest BCUT2D eigenvalue weighted by atomic mass is 35.5. The van der Waals surface area contributed by atoms with Gasteiger partial charge in [0.15, 0.2) is 6.61 Å². The van der Waals surface area contributed by atoms with E-state index < -0.39 is 0 Å². The molecule has 0 bridgehead atoms. The molecule has 0 spiro atoms. The average Bonchev–Trinajstić information content (AvgIpc) is 2.96. The number of rotatable bonds is 4. The fraction of sp³-hybridized carbons (Fsp3) is 0.0667. The Kier molecular flexibility index (Phi) is 3.83. The predicted octanol–water partition coefficient (Wildman–Crippen LogP) is 4.11. The largest absolute Gasteiger partial charge is 0.484 e. The molecular formula is C15H10ClFN2O2. The standard InChI is InChI=1S/C15H10ClFN2O2/c16-11-3-7-13(8-4-11)20-9-14-18-15(19-21-14)10-1-5-12(17)6-2-10/h1-8H,9H2. The van der Waals surface area contributed by atoms with Crippen LogP contribution >= 0.6 is 11.6 Å². The van der Waals surface area contributed by atoms with Crippen molar-refractivity contribution in [3.63, 3.8) is 0 Å². The van der Waals surface area contributed by atoms with E-state index in [1.165, 1.54) is 12.1 Å². The van der Waals surface area contributed by atoms with Crippen LogP contribution in [0.3, 0.4) is 0 Å². The first kappa shape index (κ1) is 13.6. The minimum atomic E-state index is -0.312. The van der Waals surface area contributed by atoms with Crippen molar-refractivity contribution < 1.29 is 13.7 Å². The molecule has 0 fully saturated rings. The molecule has 0 aliphatic rings. The summed E-state index contributed by atoms with van der Waals surface area (Å²) in [5.74, 6) is 1.07. The smallest absolute Gasteiger partial charge is 0.264 e. The third-order valence-corrected chi connectivity index (χ3v) is 3.00. The number of ether oxygens (including phenoxy) is 1. The lowest BCUT2D eigenvalue weighted by molar-refractivity contribution is 0.243. The van der Waals surface area contributed by atoms with Crippen molar-refractivity contribution >= 4 is 11.6 Å². The molecule has 0 aliphatic carbocycles. The van der Waals surface area contributed by atoms with Gasteiger partial charge in [-0.25, -0.2) is 4.39 Å². The van der Waals surface area contributed by atoms with Gasteiger partial charge in [-0.15, -0.1) is 0 Å². The molecule has 21 heavy (non-hydrogen) atoms. The van der Waals surface area contributed by atoms with Crippen LogP contribution in [0.4, 0.5) is 4.39 Å². The third kappa shape index (κ3) is 3.38. The van der Waals surface area contributed by atoms with E-state index >= 15 is 0 Å². The molecule has 3 rings (SSSR count). The Morgan fingerprint density at radius 2 is 1.76 bits per heavy atom. The predicted molar refractivity (Wildman–Crippen MR) is 75.5 cm³/mol. The maximum absolute atomic E-state index is 12.9. The van der Waals surface area contributed by atoms with Gasteiger partial charge in [0.2, 0.25) is 5.82 Å². The van der Waals surface area contributed by atoms with Gasteiger partial charge in [0, 0.05) is 10.6 Å². The molecule has 0 saturated carbocycles. The summed E-state index contributed by atoms with van der Waals surface area (Å²) in [5.41, 5.74) is 0.679. The van der Waals surface area contributed by atoms with Crippen LogP contribution in [-0.4, -0.2) is 10.1 Å². The summed E-state index contributed by atoms with van der Waals surface area (Å²) in [7, 11) is 0. The summed E-state index contributed by atoms with van der Waals surface area (Å²) in [6.45, 7) is 0.149. The van der Waals surface area contributed by atoms with Gasteiger partial charge in [0.1, 0.15) is 11.6 Å². The number of hydrogen-bond donors (Lipinski definition) is 0. The zero-order chi connectivity index (χ0) is 14.7. The quantitative estimate of drug-likeness (QED) is 0.728. The lowest BCUT2D eigenvalue weighted by atomic mass is 10.2. The molecule has 2 aromatic carbocycles. The fourth-order valence-corrected chi connectivity index (χ4v) is 1.83. The van der Waals surface area contributed by atoms with Gasteiger partial charge in [-0.1, -0.05) is 16.8 Å². The molecule has 3 aromatic rings. The number of nitrogens with zero attached hydrogens (tertiary/aromatic N) is 2. The van der Waals surface area contributed by atoms with Crippen LogP contribution in [0.15, 0.2) is 53.1 Å². The zero-order valence-corrected chi connectivity index (χ0v) is 11.5. The number of halogens is 2. The molecule has 0 radical (unpaired) electrons. The average molecular weight is 305 g/mol. The molecule has 1 heterocycles. The maximum atomic E-state index is 12.9. The molecule has 106 valence electrons. The van der Waals surface area contributed by atoms with Gasteiger partial charge in [0.05, 0.1) is 0 Å². The van der Waals surface area contributed by atoms with E-state index in [1.807, 2.05) is 0 Å². The van der Waals surface area contributed by atoms with Crippen LogP contribution < -0.4 is 4.74 Å². The fourth-order valence-electron chi connectivity index (χ4n) is 1.71. The van der Waals surface area contributed by atoms with Crippen molar-refractivity contribution in [3.8, 4) is 17.1 Å². The number of hydrogen-bond acceptors (Lipinski definition) is 4. The molecule has 0 unspecified atom stereocenters. The van der Waals surface area contributed by atoms with Crippen LogP contribution in [0.2, 0.25) is 5.02 Å². The van der Waals surface area contributed by atoms with E-state index in [9.17, 15) is 4.39 Å². The summed E-state index contributed by atoms with van der Waals surface area (Å²) < 4.78 is 23.4. The molecule has 0 N–H and O–H groups in total. The van der Waals surface area contributed by atoms with Gasteiger partial charge in [0.25, 0.3) is 5.89 Å². The van der Waals surface area contributed by atoms with E-state index in [2.05, 4.69) is 10.1 Å². The first-order chi connectivity index (χ1) is 10.2. The van der Waals surface area contributed by atoms with Gasteiger partial charge < -0.3 is 9.26 Å². The van der Waals surface area contributed by atoms with Gasteiger partial charge in [-0.3, -0.25) is 0 Å². The molecule has 1 aromatic heterocycles. The second-order valence-electron chi connectivity index (χ2n) is 4.26. The lowest BCUT2D eigenvalue weighted by Crippen LogP contribution is -1.95. The minimum absolute atomic E-state index is 0.149. The molecule has 0 amide bonds. The Bertz CT molecular complexity index is 726. The van der Waals surface area contributed by atoms with E-state index in [-0.39, 0.29) is 12.4 Å². The summed E-state index contributed by atoms with van der Waals surface area (Å²) in [5, 5.41) is 4.47. The van der Waals surface area contributed by atoms with Crippen LogP contribution in [0.5, 0.6) is 5.75 Å². The summed E-state index contributed by atoms with van der Waals surface area (Å²) in [6.07, 6.45) is 0. The third-order valence-electron chi connectivity index (χ3n) is 2.75. The van der Waals surface area contributed by atoms with Gasteiger partial charge in [-0.05, 0) is 48.5 Å². The van der Waals surface area contributed by atoms with Crippen LogP contribution in [0.1, 0.15) is 5.89 Å². The molecule has 0 aliphatic heterocycles. The van der Waals surface area contributed by atoms with E-state index in [1.54, 1.807) is 36.4 Å². The van der Waals surface area contributed by atoms with Crippen LogP contribution in [-0.2, 0) is 6.61 Å². The first-order valence-corrected chi connectivity index (χ1v) is 6.55. The van der Waals surface area contributed by atoms with Crippen LogP contribution in [0.25, 0.3) is 11.4 Å². The van der Waals surface area contributed by atoms with Crippen molar-refractivity contribution in [2.45, 2.75) is 6.61 Å². The van der Waals surface area contributed by atoms with E-state index in [4.69, 9.17) is 20.9 Å². The minimum Gasteiger partial charge on any atom is -0.484 e. The first-order valence-electron chi connectivity index (χ1n) is 6.17. The highest BCUT2D eigenvalue weighted by Crippen LogP contribution is 2.19. The normalized spacial score (nSPS) is 10.6. The molecule has 0 saturated heterocycles. The number of benzene rings is 2. The van der Waals surface area contributed by atoms with Gasteiger partial charge in [-0.2, -0.15) is 4.98 Å². The van der Waals surface area contributed by atoms with Crippen molar-refractivity contribution in [2.75, 3.05) is 0 Å². The van der Waals surface area contributed by atoms with Gasteiger partial charge >= 0.3 is 0 Å². The Hall–Kier alpha value is -2.40. The lowest BCUT2D eigenvalue weighted by Gasteiger charge is -2.02. The zero-order valence-electron chi connectivity index (χ0n) is 10.8. The Morgan fingerprint density at radius 1 is 1.05 bits per heavy atom. The molecule has 0 atom stereocenters. The SMILES string of the molecule is Fc1ccc(-c2noc(COc3ccc(Cl)cc3)n2)cc1. The van der Waals surface area contributed by atoms with Crippen molar-refractivity contribution in [2.24, 2.45) is 0 Å². The highest BCUT2D eigenvalue weighted by Gasteiger charge is 2.09. The second-order valence-corrected chi connectivity index (χ2v) is 4.70. The van der Waals surface area contributed by atoms with E-state index in [0.29, 0.717) is 28.1 Å². The molecule has 4 nitrogen and oxygen atoms in total. The Labute approximate surface area is 125 Å². The Morgan fingerprint density at radius 3 is 2.48 bits per heavy atom. The summed E-state index contributed by atoms with van der Waals surface area (Å²) >= 11 is 5.79. The summed E-state index contributed by atoms with van der Waals surface area (Å²) in [4.78, 5) is 4.19. The Balaban J connectivity index is 1.67. The molecular weight excluding hydrogens is 295 g/mol. The summed E-state index contributed by atoms with van der Waals surface area (Å²) in [6, 6.07) is 12.8. The van der Waals surface area contributed by atoms with Crippen LogP contribution in [0, 0.1) is 5.82 Å². The maximum Gasteiger partial charge on any atom is 0.264 e. The van der Waals surface area contributed by atoms with Crippen molar-refractivity contribution in [3.05, 3.63) is 65.3 Å².